The lowest BCUT2D eigenvalue weighted by Gasteiger charge is -2.34. The van der Waals surface area contributed by atoms with E-state index in [4.69, 9.17) is 0 Å². The van der Waals surface area contributed by atoms with Gasteiger partial charge in [0.05, 0.1) is 5.41 Å². The van der Waals surface area contributed by atoms with Crippen molar-refractivity contribution in [1.82, 2.24) is 0 Å². The molecule has 16 heavy (non-hydrogen) atoms. The van der Waals surface area contributed by atoms with E-state index in [1.807, 2.05) is 37.7 Å². The second-order valence-corrected chi connectivity index (χ2v) is 5.89. The minimum atomic E-state index is -0.709. The molecule has 1 heterocycles. The molecule has 0 spiro atoms. The average Bonchev–Trinajstić information content (AvgIpc) is 2.28. The van der Waals surface area contributed by atoms with Crippen LogP contribution in [-0.2, 0) is 4.79 Å². The Kier molecular flexibility index (Phi) is 2.98. The number of hydrogen-bond donors (Lipinski definition) is 1. The van der Waals surface area contributed by atoms with Gasteiger partial charge in [0.2, 0.25) is 0 Å². The number of carboxylic acids is 1. The van der Waals surface area contributed by atoms with Crippen LogP contribution < -0.4 is 0 Å². The molecular formula is C13H16O2S. The van der Waals surface area contributed by atoms with Crippen LogP contribution in [0.4, 0.5) is 0 Å². The molecule has 0 saturated carbocycles. The highest BCUT2D eigenvalue weighted by molar-refractivity contribution is 7.99. The van der Waals surface area contributed by atoms with Crippen LogP contribution >= 0.6 is 11.8 Å². The van der Waals surface area contributed by atoms with E-state index >= 15 is 0 Å². The molecule has 3 heteroatoms. The first kappa shape index (κ1) is 11.5. The molecule has 1 aliphatic rings. The molecule has 0 aromatic heterocycles. The summed E-state index contributed by atoms with van der Waals surface area (Å²) in [6.45, 7) is 3.65. The van der Waals surface area contributed by atoms with E-state index in [9.17, 15) is 9.90 Å². The van der Waals surface area contributed by atoms with Crippen molar-refractivity contribution < 1.29 is 9.90 Å². The van der Waals surface area contributed by atoms with Crippen LogP contribution in [0.5, 0.6) is 0 Å². The average molecular weight is 236 g/mol. The van der Waals surface area contributed by atoms with Crippen LogP contribution in [0, 0.1) is 5.41 Å². The smallest absolute Gasteiger partial charge is 0.309 e. The zero-order valence-corrected chi connectivity index (χ0v) is 10.4. The van der Waals surface area contributed by atoms with Crippen LogP contribution in [-0.4, -0.2) is 16.8 Å². The number of fused-ring (bicyclic) bond motifs is 1. The molecule has 1 aromatic carbocycles. The molecule has 0 saturated heterocycles. The van der Waals surface area contributed by atoms with E-state index in [1.165, 1.54) is 10.5 Å². The van der Waals surface area contributed by atoms with Gasteiger partial charge < -0.3 is 5.11 Å². The van der Waals surface area contributed by atoms with Crippen molar-refractivity contribution in [1.29, 1.82) is 0 Å². The van der Waals surface area contributed by atoms with Crippen molar-refractivity contribution in [3.63, 3.8) is 0 Å². The molecule has 2 nitrogen and oxygen atoms in total. The van der Waals surface area contributed by atoms with Crippen molar-refractivity contribution in [3.05, 3.63) is 29.8 Å². The number of hydrogen-bond acceptors (Lipinski definition) is 2. The van der Waals surface area contributed by atoms with Crippen LogP contribution in [0.15, 0.2) is 29.2 Å². The Morgan fingerprint density at radius 3 is 2.81 bits per heavy atom. The lowest BCUT2D eigenvalue weighted by Crippen LogP contribution is -2.33. The Labute approximate surface area is 100 Å². The summed E-state index contributed by atoms with van der Waals surface area (Å²) >= 11 is 1.83. The SMILES string of the molecule is CC(C)(C(=O)O)C1CCSc2ccccc21. The maximum absolute atomic E-state index is 11.3. The second kappa shape index (κ2) is 4.13. The number of benzene rings is 1. The zero-order chi connectivity index (χ0) is 11.8. The first-order valence-corrected chi connectivity index (χ1v) is 6.47. The zero-order valence-electron chi connectivity index (χ0n) is 9.56. The van der Waals surface area contributed by atoms with E-state index in [-0.39, 0.29) is 5.92 Å². The van der Waals surface area contributed by atoms with Gasteiger partial charge in [0.1, 0.15) is 0 Å². The summed E-state index contributed by atoms with van der Waals surface area (Å²) in [6.07, 6.45) is 0.945. The molecule has 0 fully saturated rings. The number of carboxylic acid groups (broad SMARTS) is 1. The molecule has 1 aromatic rings. The highest BCUT2D eigenvalue weighted by atomic mass is 32.2. The van der Waals surface area contributed by atoms with Crippen molar-refractivity contribution in [3.8, 4) is 0 Å². The number of aliphatic carboxylic acids is 1. The van der Waals surface area contributed by atoms with Crippen LogP contribution in [0.25, 0.3) is 0 Å². The van der Waals surface area contributed by atoms with Gasteiger partial charge in [-0.25, -0.2) is 0 Å². The standard InChI is InChI=1S/C13H16O2S/c1-13(2,12(14)15)10-7-8-16-11-6-4-3-5-9(10)11/h3-6,10H,7-8H2,1-2H3,(H,14,15). The number of carbonyl (C=O) groups is 1. The summed E-state index contributed by atoms with van der Waals surface area (Å²) in [7, 11) is 0. The van der Waals surface area contributed by atoms with Gasteiger partial charge in [-0.15, -0.1) is 11.8 Å². The maximum atomic E-state index is 11.3. The van der Waals surface area contributed by atoms with E-state index in [0.29, 0.717) is 0 Å². The van der Waals surface area contributed by atoms with Gasteiger partial charge in [-0.2, -0.15) is 0 Å². The molecule has 0 bridgehead atoms. The molecule has 1 N–H and O–H groups in total. The number of rotatable bonds is 2. The summed E-state index contributed by atoms with van der Waals surface area (Å²) in [5.41, 5.74) is 0.517. The molecule has 0 radical (unpaired) electrons. The van der Waals surface area contributed by atoms with Crippen LogP contribution in [0.3, 0.4) is 0 Å². The van der Waals surface area contributed by atoms with Gasteiger partial charge >= 0.3 is 5.97 Å². The summed E-state index contributed by atoms with van der Waals surface area (Å²) in [4.78, 5) is 12.6. The van der Waals surface area contributed by atoms with Crippen molar-refractivity contribution >= 4 is 17.7 Å². The fourth-order valence-electron chi connectivity index (χ4n) is 2.24. The van der Waals surface area contributed by atoms with Crippen molar-refractivity contribution in [2.45, 2.75) is 31.1 Å². The quantitative estimate of drug-likeness (QED) is 0.855. The third-order valence-corrected chi connectivity index (χ3v) is 4.50. The Morgan fingerprint density at radius 1 is 1.44 bits per heavy atom. The normalized spacial score (nSPS) is 20.2. The molecular weight excluding hydrogens is 220 g/mol. The number of thioether (sulfide) groups is 1. The van der Waals surface area contributed by atoms with Crippen LogP contribution in [0.1, 0.15) is 31.7 Å². The largest absolute Gasteiger partial charge is 0.481 e. The second-order valence-electron chi connectivity index (χ2n) is 4.75. The highest BCUT2D eigenvalue weighted by Crippen LogP contribution is 2.46. The molecule has 1 atom stereocenters. The highest BCUT2D eigenvalue weighted by Gasteiger charge is 2.39. The Hall–Kier alpha value is -0.960. The fraction of sp³-hybridized carbons (Fsp3) is 0.462. The lowest BCUT2D eigenvalue weighted by molar-refractivity contribution is -0.148. The molecule has 2 rings (SSSR count). The Morgan fingerprint density at radius 2 is 2.12 bits per heavy atom. The molecule has 86 valence electrons. The topological polar surface area (TPSA) is 37.3 Å². The summed E-state index contributed by atoms with van der Waals surface area (Å²) in [6, 6.07) is 8.17. The van der Waals surface area contributed by atoms with Crippen molar-refractivity contribution in [2.24, 2.45) is 5.41 Å². The summed E-state index contributed by atoms with van der Waals surface area (Å²) in [5.74, 6) is 0.430. The van der Waals surface area contributed by atoms with Gasteiger partial charge in [-0.1, -0.05) is 18.2 Å². The third kappa shape index (κ3) is 1.84. The van der Waals surface area contributed by atoms with E-state index in [0.717, 1.165) is 12.2 Å². The lowest BCUT2D eigenvalue weighted by atomic mass is 9.73. The maximum Gasteiger partial charge on any atom is 0.309 e. The van der Waals surface area contributed by atoms with E-state index in [1.54, 1.807) is 0 Å². The third-order valence-electron chi connectivity index (χ3n) is 3.38. The van der Waals surface area contributed by atoms with E-state index in [2.05, 4.69) is 12.1 Å². The van der Waals surface area contributed by atoms with Gasteiger partial charge in [0.15, 0.2) is 0 Å². The molecule has 0 aliphatic carbocycles. The summed E-state index contributed by atoms with van der Waals surface area (Å²) in [5, 5.41) is 9.31. The fourth-order valence-corrected chi connectivity index (χ4v) is 3.37. The molecule has 1 unspecified atom stereocenters. The molecule has 0 amide bonds. The van der Waals surface area contributed by atoms with Gasteiger partial charge in [-0.05, 0) is 37.7 Å². The monoisotopic (exact) mass is 236 g/mol. The minimum Gasteiger partial charge on any atom is -0.481 e. The first-order valence-electron chi connectivity index (χ1n) is 5.48. The van der Waals surface area contributed by atoms with Gasteiger partial charge in [0.25, 0.3) is 0 Å². The minimum absolute atomic E-state index is 0.127. The Bertz CT molecular complexity index is 412. The van der Waals surface area contributed by atoms with Crippen LogP contribution in [0.2, 0.25) is 0 Å². The predicted octanol–water partition coefficient (Wildman–Crippen LogP) is 3.38. The predicted molar refractivity (Wildman–Crippen MR) is 65.9 cm³/mol. The first-order chi connectivity index (χ1) is 7.53. The van der Waals surface area contributed by atoms with Crippen molar-refractivity contribution in [2.75, 3.05) is 5.75 Å². The van der Waals surface area contributed by atoms with E-state index < -0.39 is 11.4 Å². The summed E-state index contributed by atoms with van der Waals surface area (Å²) < 4.78 is 0. The Balaban J connectivity index is 2.42. The van der Waals surface area contributed by atoms with Gasteiger partial charge in [0, 0.05) is 10.8 Å². The molecule has 1 aliphatic heterocycles. The van der Waals surface area contributed by atoms with Gasteiger partial charge in [-0.3, -0.25) is 4.79 Å².